The van der Waals surface area contributed by atoms with Gasteiger partial charge in [0.25, 0.3) is 5.91 Å². The summed E-state index contributed by atoms with van der Waals surface area (Å²) in [6.07, 6.45) is 1.37. The summed E-state index contributed by atoms with van der Waals surface area (Å²) in [6, 6.07) is 25.5. The molecule has 1 unspecified atom stereocenters. The number of nitrogens with zero attached hydrogens (tertiary/aromatic N) is 3. The fraction of sp³-hybridized carbons (Fsp3) is 0.438. The van der Waals surface area contributed by atoms with Gasteiger partial charge in [0.1, 0.15) is 5.75 Å². The Morgan fingerprint density at radius 3 is 2.42 bits per heavy atom. The molecule has 0 aromatic heterocycles. The molecule has 0 aliphatic carbocycles. The quantitative estimate of drug-likeness (QED) is 0.0682. The molecule has 6 atom stereocenters. The van der Waals surface area contributed by atoms with Gasteiger partial charge in [0.2, 0.25) is 20.2 Å². The highest BCUT2D eigenvalue weighted by molar-refractivity contribution is 6.72. The monoisotopic (exact) mass is 882 g/mol. The van der Waals surface area contributed by atoms with E-state index in [4.69, 9.17) is 21.1 Å². The van der Waals surface area contributed by atoms with Crippen LogP contribution in [0, 0.1) is 5.92 Å². The number of unbranched alkanes of at least 4 members (excludes halogenated alkanes) is 1. The Morgan fingerprint density at radius 2 is 1.71 bits per heavy atom. The molecule has 328 valence electrons. The summed E-state index contributed by atoms with van der Waals surface area (Å²) in [4.78, 5) is 48.5. The fourth-order valence-electron chi connectivity index (χ4n) is 10.4. The summed E-state index contributed by atoms with van der Waals surface area (Å²) < 4.78 is 29.4. The lowest BCUT2D eigenvalue weighted by Gasteiger charge is -2.37. The van der Waals surface area contributed by atoms with E-state index in [1.807, 2.05) is 80.6 Å². The molecule has 0 bridgehead atoms. The number of aliphatic hydroxyl groups is 2. The normalized spacial score (nSPS) is 24.4. The van der Waals surface area contributed by atoms with Gasteiger partial charge >= 0.3 is 0 Å². The molecule has 3 N–H and O–H groups in total. The van der Waals surface area contributed by atoms with Crippen molar-refractivity contribution in [3.63, 3.8) is 0 Å². The number of benzene rings is 4. The number of aliphatic hydroxyl groups excluding tert-OH is 2. The molecule has 11 nitrogen and oxygen atoms in total. The number of halogens is 2. The second kappa shape index (κ2) is 17.9. The van der Waals surface area contributed by atoms with Crippen molar-refractivity contribution in [3.05, 3.63) is 118 Å². The van der Waals surface area contributed by atoms with Crippen LogP contribution in [0.3, 0.4) is 0 Å². The van der Waals surface area contributed by atoms with Gasteiger partial charge in [0.15, 0.2) is 5.60 Å². The van der Waals surface area contributed by atoms with E-state index in [2.05, 4.69) is 5.32 Å². The van der Waals surface area contributed by atoms with E-state index in [0.717, 1.165) is 40.1 Å². The Labute approximate surface area is 368 Å². The number of nitrogens with one attached hydrogen (secondary N) is 1. The Balaban J connectivity index is 1.07. The lowest BCUT2D eigenvalue weighted by Crippen LogP contribution is -2.49. The molecule has 4 heterocycles. The molecule has 4 aromatic carbocycles. The van der Waals surface area contributed by atoms with E-state index < -0.39 is 43.7 Å². The molecule has 4 aliphatic heterocycles. The molecule has 62 heavy (non-hydrogen) atoms. The molecule has 4 aliphatic rings. The number of anilines is 3. The van der Waals surface area contributed by atoms with Crippen LogP contribution in [0.25, 0.3) is 0 Å². The first-order chi connectivity index (χ1) is 29.8. The number of fused-ring (bicyclic) bond motifs is 4. The van der Waals surface area contributed by atoms with E-state index in [-0.39, 0.29) is 43.9 Å². The van der Waals surface area contributed by atoms with Crippen molar-refractivity contribution in [2.24, 2.45) is 5.92 Å². The van der Waals surface area contributed by atoms with Crippen LogP contribution in [0.1, 0.15) is 60.9 Å². The minimum absolute atomic E-state index is 0.0906. The maximum Gasteiger partial charge on any atom is 0.264 e. The van der Waals surface area contributed by atoms with Crippen LogP contribution in [0.4, 0.5) is 21.2 Å². The topological polar surface area (TPSA) is 132 Å². The zero-order chi connectivity index (χ0) is 43.9. The van der Waals surface area contributed by atoms with Crippen LogP contribution in [0.2, 0.25) is 23.7 Å². The maximum atomic E-state index is 16.7. The minimum atomic E-state index is -3.58. The van der Waals surface area contributed by atoms with Crippen LogP contribution in [0.5, 0.6) is 5.75 Å². The first-order valence-electron chi connectivity index (χ1n) is 21.8. The Morgan fingerprint density at radius 1 is 0.968 bits per heavy atom. The summed E-state index contributed by atoms with van der Waals surface area (Å²) in [5, 5.41) is 23.4. The fourth-order valence-corrected chi connectivity index (χ4v) is 13.0. The van der Waals surface area contributed by atoms with E-state index in [1.54, 1.807) is 46.0 Å². The second-order valence-corrected chi connectivity index (χ2v) is 21.8. The van der Waals surface area contributed by atoms with Crippen molar-refractivity contribution >= 4 is 54.8 Å². The number of carbonyl (C=O) groups excluding carboxylic acids is 3. The number of ether oxygens (including phenoxy) is 2. The summed E-state index contributed by atoms with van der Waals surface area (Å²) in [6.45, 7) is 8.49. The van der Waals surface area contributed by atoms with Crippen molar-refractivity contribution in [1.82, 2.24) is 10.2 Å². The summed E-state index contributed by atoms with van der Waals surface area (Å²) >= 11 is 6.64. The average Bonchev–Trinajstić information content (AvgIpc) is 3.67. The minimum Gasteiger partial charge on any atom is -0.494 e. The number of hydrogen-bond acceptors (Lipinski definition) is 8. The predicted octanol–water partition coefficient (Wildman–Crippen LogP) is 7.35. The highest BCUT2D eigenvalue weighted by atomic mass is 35.5. The lowest BCUT2D eigenvalue weighted by atomic mass is 9.82. The number of rotatable bonds is 14. The Hall–Kier alpha value is -4.63. The smallest absolute Gasteiger partial charge is 0.264 e. The summed E-state index contributed by atoms with van der Waals surface area (Å²) in [5.74, 6) is -0.580. The number of amides is 3. The molecule has 3 amide bonds. The molecule has 1 saturated heterocycles. The molecule has 0 saturated carbocycles. The van der Waals surface area contributed by atoms with Gasteiger partial charge in [0, 0.05) is 40.9 Å². The number of hydrogen-bond donors (Lipinski definition) is 3. The van der Waals surface area contributed by atoms with Crippen LogP contribution < -0.4 is 19.9 Å². The lowest BCUT2D eigenvalue weighted by molar-refractivity contribution is -0.151. The molecule has 1 fully saturated rings. The first-order valence-corrected chi connectivity index (χ1v) is 25.1. The van der Waals surface area contributed by atoms with Gasteiger partial charge < -0.3 is 38.9 Å². The van der Waals surface area contributed by atoms with Gasteiger partial charge in [-0.3, -0.25) is 19.3 Å². The molecule has 8 rings (SSSR count). The van der Waals surface area contributed by atoms with Gasteiger partial charge in [-0.15, -0.1) is 0 Å². The van der Waals surface area contributed by atoms with Gasteiger partial charge in [-0.2, -0.15) is 0 Å². The molecule has 4 aromatic rings. The standard InChI is InChI=1S/C48H56ClFN4O7Si/c1-5-60-38-17-19-41-34(23-38)24-40(51-20-8-9-21-55)46(58)54(41)36-15-12-31(13-16-36)27-53-42-18-14-35(49)25-39(42)48(47(53)59)30(2)45(62(3,4)50)43(61-48)26-44(57)52-28-33-11-7-6-10-32(33)22-37(52)29-56/h6-7,10-19,23,25,30,37,40,43,45,51,55-56H,5,8-9,20-22,24,26-29H2,1-4H3/t30-,37+,40?,43+,45-,48+/m1/s1. The van der Waals surface area contributed by atoms with Crippen molar-refractivity contribution in [3.8, 4) is 5.75 Å². The highest BCUT2D eigenvalue weighted by Crippen LogP contribution is 2.60. The van der Waals surface area contributed by atoms with E-state index >= 15 is 8.90 Å². The van der Waals surface area contributed by atoms with Gasteiger partial charge in [-0.25, -0.2) is 0 Å². The van der Waals surface area contributed by atoms with Gasteiger partial charge in [0.05, 0.1) is 55.7 Å². The highest BCUT2D eigenvalue weighted by Gasteiger charge is 2.67. The predicted molar refractivity (Wildman–Crippen MR) is 240 cm³/mol. The van der Waals surface area contributed by atoms with Crippen LogP contribution in [0.15, 0.2) is 84.9 Å². The van der Waals surface area contributed by atoms with Crippen molar-refractivity contribution < 1.29 is 38.2 Å². The van der Waals surface area contributed by atoms with Crippen LogP contribution >= 0.6 is 11.6 Å². The Bertz CT molecular complexity index is 2330. The number of carbonyl (C=O) groups is 3. The van der Waals surface area contributed by atoms with E-state index in [0.29, 0.717) is 60.9 Å². The summed E-state index contributed by atoms with van der Waals surface area (Å²) in [7, 11) is -3.58. The van der Waals surface area contributed by atoms with Crippen molar-refractivity contribution in [2.75, 3.05) is 36.2 Å². The van der Waals surface area contributed by atoms with Crippen molar-refractivity contribution in [2.45, 2.75) is 101 Å². The molecular formula is C48H56ClFN4O7Si. The molecule has 14 heteroatoms. The van der Waals surface area contributed by atoms with E-state index in [9.17, 15) is 19.8 Å². The third-order valence-electron chi connectivity index (χ3n) is 13.2. The van der Waals surface area contributed by atoms with E-state index in [1.165, 1.54) is 0 Å². The maximum absolute atomic E-state index is 16.7. The molecule has 0 radical (unpaired) electrons. The average molecular weight is 884 g/mol. The molecule has 1 spiro atoms. The zero-order valence-electron chi connectivity index (χ0n) is 35.8. The van der Waals surface area contributed by atoms with Gasteiger partial charge in [-0.1, -0.05) is 54.9 Å². The van der Waals surface area contributed by atoms with Crippen LogP contribution in [-0.4, -0.2) is 85.8 Å². The SMILES string of the molecule is CCOc1ccc2c(c1)CC(NCCCCO)C(=O)N2c1ccc(CN2C(=O)[C@@]3(O[C@@H](CC(=O)N4Cc5ccccc5C[C@H]4CO)[C@H]([Si](C)(C)F)[C@H]3C)c3cc(Cl)ccc32)cc1. The second-order valence-electron chi connectivity index (χ2n) is 17.6. The first kappa shape index (κ1) is 44.0. The zero-order valence-corrected chi connectivity index (χ0v) is 37.5. The van der Waals surface area contributed by atoms with Crippen LogP contribution in [-0.2, 0) is 50.7 Å². The Kier molecular flexibility index (Phi) is 12.7. The molecular weight excluding hydrogens is 827 g/mol. The third kappa shape index (κ3) is 8.07. The summed E-state index contributed by atoms with van der Waals surface area (Å²) in [5.41, 5.74) is 4.18. The van der Waals surface area contributed by atoms with Crippen molar-refractivity contribution in [1.29, 1.82) is 0 Å². The largest absolute Gasteiger partial charge is 0.494 e. The third-order valence-corrected chi connectivity index (χ3v) is 15.9. The van der Waals surface area contributed by atoms with Gasteiger partial charge in [-0.05, 0) is 123 Å².